The van der Waals surface area contributed by atoms with E-state index in [-0.39, 0.29) is 25.7 Å². The Morgan fingerprint density at radius 1 is 0.700 bits per heavy atom. The molecule has 0 aliphatic rings. The van der Waals surface area contributed by atoms with Crippen molar-refractivity contribution in [1.82, 2.24) is 0 Å². The van der Waals surface area contributed by atoms with Crippen LogP contribution in [0.4, 0.5) is 0 Å². The van der Waals surface area contributed by atoms with Gasteiger partial charge < -0.3 is 20.4 Å². The summed E-state index contributed by atoms with van der Waals surface area (Å²) < 4.78 is 0. The van der Waals surface area contributed by atoms with Crippen LogP contribution in [0, 0.1) is 0 Å². The number of unbranched alkanes of at least 4 members (excludes halogenated alkanes) is 1. The minimum atomic E-state index is -1.05. The molecule has 0 atom stereocenters. The summed E-state index contributed by atoms with van der Waals surface area (Å²) in [5, 5.41) is 32.4. The lowest BCUT2D eigenvalue weighted by Gasteiger charge is -1.92. The monoisotopic (exact) mass is 290 g/mol. The molecule has 4 N–H and O–H groups in total. The van der Waals surface area contributed by atoms with Gasteiger partial charge in [-0.25, -0.2) is 4.79 Å². The number of allylic oxidation sites excluding steroid dienone is 1. The zero-order valence-corrected chi connectivity index (χ0v) is 10.8. The molecule has 0 aliphatic carbocycles. The highest BCUT2D eigenvalue weighted by atomic mass is 16.4. The van der Waals surface area contributed by atoms with E-state index in [2.05, 4.69) is 0 Å². The van der Waals surface area contributed by atoms with Crippen LogP contribution < -0.4 is 0 Å². The second kappa shape index (κ2) is 13.1. The summed E-state index contributed by atoms with van der Waals surface area (Å²) in [7, 11) is 0. The van der Waals surface area contributed by atoms with Crippen molar-refractivity contribution in [2.45, 2.75) is 38.5 Å². The van der Waals surface area contributed by atoms with Crippen LogP contribution in [0.25, 0.3) is 0 Å². The first kappa shape index (κ1) is 19.9. The van der Waals surface area contributed by atoms with Gasteiger partial charge in [-0.1, -0.05) is 6.08 Å². The van der Waals surface area contributed by atoms with E-state index in [9.17, 15) is 19.2 Å². The third-order valence-corrected chi connectivity index (χ3v) is 1.82. The standard InChI is InChI=1S/C6H10O4.C6H8O4/c2*7-5(8)3-1-2-4-6(9)10/h1-4H2,(H,7,8)(H,9,10);1,3H,2,4H2,(H,7,8)(H,9,10). The number of carboxylic acids is 4. The summed E-state index contributed by atoms with van der Waals surface area (Å²) in [4.78, 5) is 39.5. The minimum Gasteiger partial charge on any atom is -0.481 e. The van der Waals surface area contributed by atoms with Crippen molar-refractivity contribution in [3.05, 3.63) is 12.2 Å². The van der Waals surface area contributed by atoms with E-state index in [0.29, 0.717) is 12.8 Å². The number of hydrogen-bond donors (Lipinski definition) is 4. The van der Waals surface area contributed by atoms with E-state index in [1.165, 1.54) is 6.08 Å². The van der Waals surface area contributed by atoms with Crippen LogP contribution in [-0.2, 0) is 19.2 Å². The van der Waals surface area contributed by atoms with Crippen LogP contribution >= 0.6 is 0 Å². The van der Waals surface area contributed by atoms with Crippen LogP contribution in [-0.4, -0.2) is 44.3 Å². The number of rotatable bonds is 9. The molecular weight excluding hydrogens is 272 g/mol. The fourth-order valence-electron chi connectivity index (χ4n) is 0.943. The third-order valence-electron chi connectivity index (χ3n) is 1.82. The molecule has 0 saturated carbocycles. The number of aliphatic carboxylic acids is 4. The molecule has 0 amide bonds. The Morgan fingerprint density at radius 3 is 1.40 bits per heavy atom. The second-order valence-corrected chi connectivity index (χ2v) is 3.67. The Hall–Kier alpha value is -2.38. The van der Waals surface area contributed by atoms with Crippen molar-refractivity contribution < 1.29 is 39.6 Å². The van der Waals surface area contributed by atoms with Crippen molar-refractivity contribution in [2.24, 2.45) is 0 Å². The van der Waals surface area contributed by atoms with Gasteiger partial charge in [0.05, 0.1) is 0 Å². The normalized spacial score (nSPS) is 9.60. The summed E-state index contributed by atoms with van der Waals surface area (Å²) in [6, 6.07) is 0. The molecule has 0 bridgehead atoms. The number of carbonyl (C=O) groups is 4. The van der Waals surface area contributed by atoms with Crippen LogP contribution in [0.5, 0.6) is 0 Å². The Balaban J connectivity index is 0. The van der Waals surface area contributed by atoms with Crippen LogP contribution in [0.15, 0.2) is 12.2 Å². The highest BCUT2D eigenvalue weighted by Crippen LogP contribution is 1.98. The molecule has 114 valence electrons. The fraction of sp³-hybridized carbons (Fsp3) is 0.500. The topological polar surface area (TPSA) is 149 Å². The summed E-state index contributed by atoms with van der Waals surface area (Å²) in [6.07, 6.45) is 3.51. The summed E-state index contributed by atoms with van der Waals surface area (Å²) in [6.45, 7) is 0. The van der Waals surface area contributed by atoms with Gasteiger partial charge in [0, 0.05) is 25.3 Å². The fourth-order valence-corrected chi connectivity index (χ4v) is 0.943. The van der Waals surface area contributed by atoms with E-state index in [1.54, 1.807) is 0 Å². The van der Waals surface area contributed by atoms with E-state index in [4.69, 9.17) is 20.4 Å². The van der Waals surface area contributed by atoms with E-state index < -0.39 is 23.9 Å². The van der Waals surface area contributed by atoms with Crippen molar-refractivity contribution in [3.63, 3.8) is 0 Å². The van der Waals surface area contributed by atoms with Crippen molar-refractivity contribution >= 4 is 23.9 Å². The van der Waals surface area contributed by atoms with Crippen molar-refractivity contribution in [2.75, 3.05) is 0 Å². The smallest absolute Gasteiger partial charge is 0.327 e. The Labute approximate surface area is 115 Å². The van der Waals surface area contributed by atoms with Gasteiger partial charge in [0.25, 0.3) is 0 Å². The van der Waals surface area contributed by atoms with Gasteiger partial charge in [-0.15, -0.1) is 0 Å². The molecule has 0 fully saturated rings. The van der Waals surface area contributed by atoms with Crippen LogP contribution in [0.1, 0.15) is 38.5 Å². The third kappa shape index (κ3) is 24.7. The maximum absolute atomic E-state index is 9.90. The molecule has 8 nitrogen and oxygen atoms in total. The minimum absolute atomic E-state index is 0.0240. The van der Waals surface area contributed by atoms with Gasteiger partial charge in [-0.05, 0) is 19.3 Å². The van der Waals surface area contributed by atoms with Crippen LogP contribution in [0.2, 0.25) is 0 Å². The molecule has 0 aliphatic heterocycles. The predicted molar refractivity (Wildman–Crippen MR) is 67.4 cm³/mol. The first-order valence-corrected chi connectivity index (χ1v) is 5.80. The lowest BCUT2D eigenvalue weighted by molar-refractivity contribution is -0.139. The molecule has 0 rings (SSSR count). The maximum atomic E-state index is 9.90. The van der Waals surface area contributed by atoms with Gasteiger partial charge in [-0.3, -0.25) is 14.4 Å². The molecule has 0 radical (unpaired) electrons. The highest BCUT2D eigenvalue weighted by molar-refractivity contribution is 5.79. The highest BCUT2D eigenvalue weighted by Gasteiger charge is 1.99. The Bertz CT molecular complexity index is 342. The predicted octanol–water partition coefficient (Wildman–Crippen LogP) is 1.21. The first-order valence-electron chi connectivity index (χ1n) is 5.80. The zero-order valence-electron chi connectivity index (χ0n) is 10.8. The number of carboxylic acid groups (broad SMARTS) is 4. The van der Waals surface area contributed by atoms with Crippen LogP contribution in [0.3, 0.4) is 0 Å². The molecule has 0 heterocycles. The van der Waals surface area contributed by atoms with E-state index in [0.717, 1.165) is 6.08 Å². The summed E-state index contributed by atoms with van der Waals surface area (Å²) in [5.74, 6) is -3.71. The molecule has 0 aromatic carbocycles. The summed E-state index contributed by atoms with van der Waals surface area (Å²) in [5.41, 5.74) is 0. The lowest BCUT2D eigenvalue weighted by atomic mass is 10.2. The lowest BCUT2D eigenvalue weighted by Crippen LogP contribution is -1.97. The van der Waals surface area contributed by atoms with Crippen molar-refractivity contribution in [1.29, 1.82) is 0 Å². The van der Waals surface area contributed by atoms with Gasteiger partial charge in [0.2, 0.25) is 0 Å². The summed E-state index contributed by atoms with van der Waals surface area (Å²) >= 11 is 0. The first-order chi connectivity index (χ1) is 9.25. The second-order valence-electron chi connectivity index (χ2n) is 3.67. The SMILES string of the molecule is O=C(O)C=CCCC(=O)O.O=C(O)CCCCC(=O)O. The maximum Gasteiger partial charge on any atom is 0.327 e. The van der Waals surface area contributed by atoms with Gasteiger partial charge in [0.15, 0.2) is 0 Å². The molecule has 20 heavy (non-hydrogen) atoms. The zero-order chi connectivity index (χ0) is 16.0. The molecular formula is C12H18O8. The van der Waals surface area contributed by atoms with Gasteiger partial charge in [-0.2, -0.15) is 0 Å². The molecule has 0 spiro atoms. The average molecular weight is 290 g/mol. The van der Waals surface area contributed by atoms with E-state index in [1.807, 2.05) is 0 Å². The Morgan fingerprint density at radius 2 is 1.10 bits per heavy atom. The largest absolute Gasteiger partial charge is 0.481 e. The molecule has 0 aromatic heterocycles. The van der Waals surface area contributed by atoms with Gasteiger partial charge >= 0.3 is 23.9 Å². The molecule has 0 unspecified atom stereocenters. The number of hydrogen-bond acceptors (Lipinski definition) is 4. The Kier molecular flexibility index (Phi) is 13.0. The average Bonchev–Trinajstić information content (AvgIpc) is 2.30. The quantitative estimate of drug-likeness (QED) is 0.365. The van der Waals surface area contributed by atoms with Gasteiger partial charge in [0.1, 0.15) is 0 Å². The van der Waals surface area contributed by atoms with Crippen molar-refractivity contribution in [3.8, 4) is 0 Å². The van der Waals surface area contributed by atoms with E-state index >= 15 is 0 Å². The molecule has 0 aromatic rings. The molecule has 0 saturated heterocycles. The molecule has 8 heteroatoms.